The molecule has 0 N–H and O–H groups in total. The lowest BCUT2D eigenvalue weighted by Gasteiger charge is -2.11. The molecule has 0 amide bonds. The first-order chi connectivity index (χ1) is 7.74. The van der Waals surface area contributed by atoms with Crippen molar-refractivity contribution in [3.8, 4) is 16.9 Å². The van der Waals surface area contributed by atoms with Gasteiger partial charge in [-0.25, -0.2) is 4.39 Å². The largest absolute Gasteiger partial charge is 0.496 e. The van der Waals surface area contributed by atoms with E-state index >= 15 is 0 Å². The third kappa shape index (κ3) is 1.78. The molecule has 0 fully saturated rings. The molecule has 2 rings (SSSR count). The van der Waals surface area contributed by atoms with E-state index in [0.717, 1.165) is 11.1 Å². The van der Waals surface area contributed by atoms with Crippen molar-refractivity contribution in [1.29, 1.82) is 0 Å². The van der Waals surface area contributed by atoms with Gasteiger partial charge in [0, 0.05) is 11.1 Å². The lowest BCUT2D eigenvalue weighted by Crippen LogP contribution is -1.92. The molecule has 0 radical (unpaired) electrons. The van der Waals surface area contributed by atoms with Crippen molar-refractivity contribution >= 4 is 0 Å². The number of hydrogen-bond donors (Lipinski definition) is 0. The van der Waals surface area contributed by atoms with Crippen LogP contribution in [0.1, 0.15) is 5.56 Å². The summed E-state index contributed by atoms with van der Waals surface area (Å²) < 4.78 is 19.0. The normalized spacial score (nSPS) is 10.2. The van der Waals surface area contributed by atoms with Crippen molar-refractivity contribution in [3.63, 3.8) is 0 Å². The molecule has 1 nitrogen and oxygen atoms in total. The molecule has 0 atom stereocenters. The minimum atomic E-state index is -0.218. The van der Waals surface area contributed by atoms with Gasteiger partial charge in [-0.3, -0.25) is 0 Å². The molecule has 0 bridgehead atoms. The van der Waals surface area contributed by atoms with Crippen LogP contribution in [0.15, 0.2) is 42.5 Å². The van der Waals surface area contributed by atoms with Crippen LogP contribution in [-0.2, 0) is 0 Å². The van der Waals surface area contributed by atoms with Gasteiger partial charge in [0.15, 0.2) is 0 Å². The fraction of sp³-hybridized carbons (Fsp3) is 0.143. The molecule has 0 unspecified atom stereocenters. The van der Waals surface area contributed by atoms with Crippen molar-refractivity contribution in [2.24, 2.45) is 0 Å². The molecular formula is C14H13FO. The molecular weight excluding hydrogens is 203 g/mol. The first kappa shape index (κ1) is 10.7. The molecule has 2 heteroatoms. The van der Waals surface area contributed by atoms with Gasteiger partial charge in [-0.2, -0.15) is 0 Å². The van der Waals surface area contributed by atoms with Crippen LogP contribution in [0.25, 0.3) is 11.1 Å². The van der Waals surface area contributed by atoms with Gasteiger partial charge in [0.25, 0.3) is 0 Å². The van der Waals surface area contributed by atoms with Crippen LogP contribution in [0, 0.1) is 12.7 Å². The second-order valence-corrected chi connectivity index (χ2v) is 3.63. The summed E-state index contributed by atoms with van der Waals surface area (Å²) in [6.07, 6.45) is 0. The maximum atomic E-state index is 13.8. The van der Waals surface area contributed by atoms with E-state index < -0.39 is 0 Å². The summed E-state index contributed by atoms with van der Waals surface area (Å²) in [5.41, 5.74) is 2.31. The molecule has 2 aromatic carbocycles. The fourth-order valence-corrected chi connectivity index (χ4v) is 1.82. The third-order valence-electron chi connectivity index (χ3n) is 2.60. The van der Waals surface area contributed by atoms with Gasteiger partial charge >= 0.3 is 0 Å². The minimum Gasteiger partial charge on any atom is -0.496 e. The number of benzene rings is 2. The Labute approximate surface area is 94.5 Å². The van der Waals surface area contributed by atoms with Gasteiger partial charge in [-0.15, -0.1) is 0 Å². The summed E-state index contributed by atoms with van der Waals surface area (Å²) in [4.78, 5) is 0. The second-order valence-electron chi connectivity index (χ2n) is 3.63. The Morgan fingerprint density at radius 2 is 1.75 bits per heavy atom. The average Bonchev–Trinajstić information content (AvgIpc) is 2.29. The number of hydrogen-bond acceptors (Lipinski definition) is 1. The topological polar surface area (TPSA) is 9.23 Å². The minimum absolute atomic E-state index is 0.218. The second kappa shape index (κ2) is 4.35. The molecule has 16 heavy (non-hydrogen) atoms. The lowest BCUT2D eigenvalue weighted by molar-refractivity contribution is 0.416. The highest BCUT2D eigenvalue weighted by Gasteiger charge is 2.11. The van der Waals surface area contributed by atoms with Gasteiger partial charge in [-0.1, -0.05) is 30.3 Å². The Morgan fingerprint density at radius 3 is 2.44 bits per heavy atom. The van der Waals surface area contributed by atoms with Crippen molar-refractivity contribution in [3.05, 3.63) is 53.8 Å². The van der Waals surface area contributed by atoms with E-state index in [1.807, 2.05) is 37.3 Å². The Kier molecular flexibility index (Phi) is 2.91. The third-order valence-corrected chi connectivity index (χ3v) is 2.60. The lowest BCUT2D eigenvalue weighted by atomic mass is 9.99. The highest BCUT2D eigenvalue weighted by atomic mass is 19.1. The number of para-hydroxylation sites is 1. The van der Waals surface area contributed by atoms with Crippen molar-refractivity contribution < 1.29 is 9.13 Å². The Bertz CT molecular complexity index is 486. The molecule has 0 aliphatic heterocycles. The Hall–Kier alpha value is -1.83. The zero-order valence-corrected chi connectivity index (χ0v) is 9.33. The van der Waals surface area contributed by atoms with E-state index in [1.165, 1.54) is 6.07 Å². The summed E-state index contributed by atoms with van der Waals surface area (Å²) in [5, 5.41) is 0. The summed E-state index contributed by atoms with van der Waals surface area (Å²) in [6.45, 7) is 1.89. The number of halogens is 1. The molecule has 0 saturated carbocycles. The van der Waals surface area contributed by atoms with E-state index in [4.69, 9.17) is 4.74 Å². The SMILES string of the molecule is COc1ccccc1-c1c(C)cccc1F. The molecule has 0 aromatic heterocycles. The van der Waals surface area contributed by atoms with Crippen molar-refractivity contribution in [2.45, 2.75) is 6.92 Å². The average molecular weight is 216 g/mol. The van der Waals surface area contributed by atoms with Gasteiger partial charge in [-0.05, 0) is 24.6 Å². The number of methoxy groups -OCH3 is 1. The maximum absolute atomic E-state index is 13.8. The Morgan fingerprint density at radius 1 is 1.00 bits per heavy atom. The predicted octanol–water partition coefficient (Wildman–Crippen LogP) is 3.81. The molecule has 0 saturated heterocycles. The zero-order chi connectivity index (χ0) is 11.5. The predicted molar refractivity (Wildman–Crippen MR) is 63.1 cm³/mol. The molecule has 0 aliphatic rings. The zero-order valence-electron chi connectivity index (χ0n) is 9.33. The first-order valence-corrected chi connectivity index (χ1v) is 5.12. The van der Waals surface area contributed by atoms with Gasteiger partial charge in [0.05, 0.1) is 7.11 Å². The van der Waals surface area contributed by atoms with Gasteiger partial charge in [0.1, 0.15) is 11.6 Å². The number of aryl methyl sites for hydroxylation is 1. The van der Waals surface area contributed by atoms with Gasteiger partial charge < -0.3 is 4.74 Å². The quantitative estimate of drug-likeness (QED) is 0.741. The summed E-state index contributed by atoms with van der Waals surface area (Å²) >= 11 is 0. The number of rotatable bonds is 2. The Balaban J connectivity index is 2.67. The highest BCUT2D eigenvalue weighted by Crippen LogP contribution is 2.33. The smallest absolute Gasteiger partial charge is 0.131 e. The maximum Gasteiger partial charge on any atom is 0.131 e. The van der Waals surface area contributed by atoms with Crippen LogP contribution < -0.4 is 4.74 Å². The number of ether oxygens (including phenoxy) is 1. The summed E-state index contributed by atoms with van der Waals surface area (Å²) in [5.74, 6) is 0.472. The fourth-order valence-electron chi connectivity index (χ4n) is 1.82. The van der Waals surface area contributed by atoms with E-state index in [0.29, 0.717) is 11.3 Å². The molecule has 2 aromatic rings. The highest BCUT2D eigenvalue weighted by molar-refractivity contribution is 5.73. The first-order valence-electron chi connectivity index (χ1n) is 5.12. The van der Waals surface area contributed by atoms with E-state index in [2.05, 4.69) is 0 Å². The van der Waals surface area contributed by atoms with Crippen molar-refractivity contribution in [2.75, 3.05) is 7.11 Å². The standard InChI is InChI=1S/C14H13FO/c1-10-6-5-8-12(15)14(10)11-7-3-4-9-13(11)16-2/h3-9H,1-2H3. The molecule has 0 aliphatic carbocycles. The van der Waals surface area contributed by atoms with Gasteiger partial charge in [0.2, 0.25) is 0 Å². The molecule has 0 spiro atoms. The van der Waals surface area contributed by atoms with E-state index in [1.54, 1.807) is 13.2 Å². The van der Waals surface area contributed by atoms with Crippen LogP contribution in [0.5, 0.6) is 5.75 Å². The van der Waals surface area contributed by atoms with Crippen LogP contribution in [0.3, 0.4) is 0 Å². The van der Waals surface area contributed by atoms with Crippen molar-refractivity contribution in [1.82, 2.24) is 0 Å². The monoisotopic (exact) mass is 216 g/mol. The van der Waals surface area contributed by atoms with Crippen LogP contribution in [-0.4, -0.2) is 7.11 Å². The van der Waals surface area contributed by atoms with Crippen LogP contribution in [0.4, 0.5) is 4.39 Å². The summed E-state index contributed by atoms with van der Waals surface area (Å²) in [6, 6.07) is 12.5. The summed E-state index contributed by atoms with van der Waals surface area (Å²) in [7, 11) is 1.59. The van der Waals surface area contributed by atoms with E-state index in [-0.39, 0.29) is 5.82 Å². The molecule has 82 valence electrons. The molecule has 0 heterocycles. The van der Waals surface area contributed by atoms with Crippen LogP contribution in [0.2, 0.25) is 0 Å². The van der Waals surface area contributed by atoms with E-state index in [9.17, 15) is 4.39 Å². The van der Waals surface area contributed by atoms with Crippen LogP contribution >= 0.6 is 0 Å².